The average Bonchev–Trinajstić information content (AvgIpc) is 3.15. The van der Waals surface area contributed by atoms with Gasteiger partial charge in [0.25, 0.3) is 0 Å². The van der Waals surface area contributed by atoms with Gasteiger partial charge in [0.05, 0.1) is 16.4 Å². The van der Waals surface area contributed by atoms with Crippen molar-refractivity contribution in [3.8, 4) is 0 Å². The monoisotopic (exact) mass is 500 g/mol. The molecule has 0 amide bonds. The van der Waals surface area contributed by atoms with Crippen molar-refractivity contribution in [2.75, 3.05) is 18.0 Å². The minimum Gasteiger partial charge on any atom is -0.481 e. The summed E-state index contributed by atoms with van der Waals surface area (Å²) in [5.41, 5.74) is 0.215. The van der Waals surface area contributed by atoms with E-state index in [0.29, 0.717) is 24.5 Å². The van der Waals surface area contributed by atoms with E-state index < -0.39 is 51.6 Å². The van der Waals surface area contributed by atoms with Crippen LogP contribution in [0.5, 0.6) is 0 Å². The van der Waals surface area contributed by atoms with E-state index in [1.54, 1.807) is 24.8 Å². The molecule has 2 aromatic carbocycles. The molecule has 4 rings (SSSR count). The normalized spacial score (nSPS) is 23.7. The van der Waals surface area contributed by atoms with E-state index in [1.165, 1.54) is 22.5 Å². The summed E-state index contributed by atoms with van der Waals surface area (Å²) in [7, 11) is -3.98. The van der Waals surface area contributed by atoms with Crippen molar-refractivity contribution in [3.05, 3.63) is 58.9 Å². The largest absolute Gasteiger partial charge is 0.481 e. The molecule has 1 aliphatic carbocycles. The Hall–Kier alpha value is -2.66. The molecule has 0 saturated carbocycles. The average molecular weight is 501 g/mol. The number of carboxylic acids is 1. The number of benzene rings is 2. The summed E-state index contributed by atoms with van der Waals surface area (Å²) in [6.45, 7) is 3.65. The van der Waals surface area contributed by atoms with Gasteiger partial charge in [-0.25, -0.2) is 12.8 Å². The molecule has 3 atom stereocenters. The Bertz CT molecular complexity index is 1220. The van der Waals surface area contributed by atoms with Gasteiger partial charge in [0.2, 0.25) is 10.0 Å². The van der Waals surface area contributed by atoms with Crippen molar-refractivity contribution in [3.63, 3.8) is 0 Å². The van der Waals surface area contributed by atoms with Crippen molar-refractivity contribution in [2.45, 2.75) is 55.8 Å². The zero-order valence-corrected chi connectivity index (χ0v) is 19.3. The van der Waals surface area contributed by atoms with Crippen LogP contribution in [-0.4, -0.2) is 49.0 Å². The minimum atomic E-state index is -4.80. The molecule has 1 fully saturated rings. The van der Waals surface area contributed by atoms with Gasteiger partial charge in [-0.3, -0.25) is 4.79 Å². The molecule has 184 valence electrons. The molecule has 1 heterocycles. The number of sulfonamides is 1. The second-order valence-electron chi connectivity index (χ2n) is 8.89. The lowest BCUT2D eigenvalue weighted by molar-refractivity contribution is -0.140. The maximum absolute atomic E-state index is 14.1. The highest BCUT2D eigenvalue weighted by molar-refractivity contribution is 7.89. The number of fused-ring (bicyclic) bond motifs is 1. The van der Waals surface area contributed by atoms with Crippen LogP contribution >= 0.6 is 0 Å². The van der Waals surface area contributed by atoms with Crippen LogP contribution in [0.4, 0.5) is 23.2 Å². The van der Waals surface area contributed by atoms with Crippen LogP contribution in [0.1, 0.15) is 42.9 Å². The van der Waals surface area contributed by atoms with E-state index in [1.807, 2.05) is 0 Å². The molecule has 0 radical (unpaired) electrons. The lowest BCUT2D eigenvalue weighted by Crippen LogP contribution is -2.58. The fourth-order valence-corrected chi connectivity index (χ4v) is 6.88. The molecule has 2 aromatic rings. The maximum Gasteiger partial charge on any atom is 0.419 e. The van der Waals surface area contributed by atoms with Gasteiger partial charge in [0.1, 0.15) is 5.82 Å². The van der Waals surface area contributed by atoms with Gasteiger partial charge in [-0.05, 0) is 68.1 Å². The Labute approximate surface area is 194 Å². The maximum atomic E-state index is 14.1. The lowest BCUT2D eigenvalue weighted by atomic mass is 10.0. The number of nitrogens with zero attached hydrogens (tertiary/aromatic N) is 2. The number of aliphatic carboxylic acids is 1. The molecule has 0 aromatic heterocycles. The Morgan fingerprint density at radius 2 is 1.71 bits per heavy atom. The van der Waals surface area contributed by atoms with Gasteiger partial charge in [0, 0.05) is 30.9 Å². The molecule has 1 aliphatic heterocycles. The summed E-state index contributed by atoms with van der Waals surface area (Å²) < 4.78 is 81.1. The van der Waals surface area contributed by atoms with Crippen molar-refractivity contribution in [1.29, 1.82) is 0 Å². The molecule has 0 bridgehead atoms. The SMILES string of the molecule is CC1CN(c2ccc(C(F)(F)F)c(F)c2)CC(C)N1S(=O)(=O)c1ccc2c(c1)C(C(=O)O)CC2. The van der Waals surface area contributed by atoms with Crippen LogP contribution in [-0.2, 0) is 27.4 Å². The van der Waals surface area contributed by atoms with E-state index in [9.17, 15) is 35.9 Å². The highest BCUT2D eigenvalue weighted by Gasteiger charge is 2.40. The van der Waals surface area contributed by atoms with E-state index in [2.05, 4.69) is 0 Å². The Balaban J connectivity index is 1.59. The highest BCUT2D eigenvalue weighted by atomic mass is 32.2. The zero-order chi connectivity index (χ0) is 25.0. The summed E-state index contributed by atoms with van der Waals surface area (Å²) in [4.78, 5) is 13.2. The van der Waals surface area contributed by atoms with E-state index in [4.69, 9.17) is 0 Å². The van der Waals surface area contributed by atoms with E-state index in [0.717, 1.165) is 11.6 Å². The van der Waals surface area contributed by atoms with E-state index in [-0.39, 0.29) is 23.7 Å². The number of aryl methyl sites for hydroxylation is 1. The number of anilines is 1. The zero-order valence-electron chi connectivity index (χ0n) is 18.5. The first-order chi connectivity index (χ1) is 15.8. The third-order valence-corrected chi connectivity index (χ3v) is 8.65. The van der Waals surface area contributed by atoms with Crippen LogP contribution in [0, 0.1) is 5.82 Å². The van der Waals surface area contributed by atoms with Crippen LogP contribution < -0.4 is 4.90 Å². The smallest absolute Gasteiger partial charge is 0.419 e. The first-order valence-electron chi connectivity index (χ1n) is 10.8. The first kappa shape index (κ1) is 24.5. The van der Waals surface area contributed by atoms with Gasteiger partial charge in [-0.1, -0.05) is 6.07 Å². The predicted molar refractivity (Wildman–Crippen MR) is 117 cm³/mol. The second kappa shape index (κ2) is 8.53. The number of piperazine rings is 1. The highest BCUT2D eigenvalue weighted by Crippen LogP contribution is 2.37. The van der Waals surface area contributed by atoms with Gasteiger partial charge in [-0.2, -0.15) is 17.5 Å². The quantitative estimate of drug-likeness (QED) is 0.636. The van der Waals surface area contributed by atoms with Gasteiger partial charge < -0.3 is 10.0 Å². The number of carboxylic acid groups (broad SMARTS) is 1. The Morgan fingerprint density at radius 3 is 2.26 bits per heavy atom. The molecule has 1 saturated heterocycles. The molecular formula is C23H24F4N2O4S. The van der Waals surface area contributed by atoms with Crippen molar-refractivity contribution in [1.82, 2.24) is 4.31 Å². The fraction of sp³-hybridized carbons (Fsp3) is 0.435. The molecule has 1 N–H and O–H groups in total. The molecule has 0 spiro atoms. The summed E-state index contributed by atoms with van der Waals surface area (Å²) in [6.07, 6.45) is -3.81. The number of halogens is 4. The number of alkyl halides is 3. The van der Waals surface area contributed by atoms with Gasteiger partial charge in [0.15, 0.2) is 0 Å². The number of hydrogen-bond donors (Lipinski definition) is 1. The van der Waals surface area contributed by atoms with Crippen LogP contribution in [0.15, 0.2) is 41.3 Å². The summed E-state index contributed by atoms with van der Waals surface area (Å²) in [5.74, 6) is -3.12. The second-order valence-corrected chi connectivity index (χ2v) is 10.7. The van der Waals surface area contributed by atoms with Gasteiger partial charge in [-0.15, -0.1) is 0 Å². The molecule has 11 heteroatoms. The first-order valence-corrected chi connectivity index (χ1v) is 12.3. The number of rotatable bonds is 4. The summed E-state index contributed by atoms with van der Waals surface area (Å²) in [5, 5.41) is 9.45. The van der Waals surface area contributed by atoms with E-state index >= 15 is 0 Å². The molecule has 3 unspecified atom stereocenters. The molecule has 6 nitrogen and oxygen atoms in total. The minimum absolute atomic E-state index is 0.00660. The van der Waals surface area contributed by atoms with Crippen molar-refractivity contribution in [2.24, 2.45) is 0 Å². The molecule has 34 heavy (non-hydrogen) atoms. The summed E-state index contributed by atoms with van der Waals surface area (Å²) in [6, 6.07) is 6.13. The Kier molecular flexibility index (Phi) is 6.14. The van der Waals surface area contributed by atoms with Gasteiger partial charge >= 0.3 is 12.1 Å². The lowest BCUT2D eigenvalue weighted by Gasteiger charge is -2.44. The van der Waals surface area contributed by atoms with Crippen LogP contribution in [0.2, 0.25) is 0 Å². The molecule has 2 aliphatic rings. The van der Waals surface area contributed by atoms with Crippen molar-refractivity contribution < 1.29 is 35.9 Å². The topological polar surface area (TPSA) is 77.9 Å². The van der Waals surface area contributed by atoms with Crippen molar-refractivity contribution >= 4 is 21.7 Å². The number of carbonyl (C=O) groups is 1. The molecular weight excluding hydrogens is 476 g/mol. The van der Waals surface area contributed by atoms with Crippen LogP contribution in [0.25, 0.3) is 0 Å². The predicted octanol–water partition coefficient (Wildman–Crippen LogP) is 4.25. The Morgan fingerprint density at radius 1 is 1.06 bits per heavy atom. The standard InChI is InChI=1S/C23H24F4N2O4S/c1-13-11-28(16-5-8-20(21(24)9-16)23(25,26)27)12-14(2)29(13)34(32,33)17-6-3-15-4-7-18(22(30)31)19(15)10-17/h3,5-6,8-10,13-14,18H,4,7,11-12H2,1-2H3,(H,30,31). The number of hydrogen-bond acceptors (Lipinski definition) is 4. The van der Waals surface area contributed by atoms with Crippen LogP contribution in [0.3, 0.4) is 0 Å². The third kappa shape index (κ3) is 4.26. The third-order valence-electron chi connectivity index (χ3n) is 6.53. The summed E-state index contributed by atoms with van der Waals surface area (Å²) >= 11 is 0. The fourth-order valence-electron chi connectivity index (χ4n) is 5.04.